The van der Waals surface area contributed by atoms with Crippen molar-refractivity contribution < 1.29 is 5.11 Å². The van der Waals surface area contributed by atoms with Crippen molar-refractivity contribution in [1.29, 1.82) is 0 Å². The standard InChI is InChI=1S/C7H14O.C2H6/c1-6-2-4-7(8)5-3-6;1-2/h6-8H,2-5H2,1H3;1-2H3. The largest absolute Gasteiger partial charge is 0.393 e. The minimum atomic E-state index is 0.0196. The molecule has 0 bridgehead atoms. The first-order valence-corrected chi connectivity index (χ1v) is 4.47. The Balaban J connectivity index is 0.000000371. The smallest absolute Gasteiger partial charge is 0.0540 e. The summed E-state index contributed by atoms with van der Waals surface area (Å²) in [6.45, 7) is 6.26. The zero-order valence-corrected chi connectivity index (χ0v) is 7.43. The Bertz CT molecular complexity index is 53.1. The Labute approximate surface area is 64.5 Å². The molecule has 0 heterocycles. The molecule has 0 spiro atoms. The molecular weight excluding hydrogens is 124 g/mol. The van der Waals surface area contributed by atoms with Crippen LogP contribution in [-0.2, 0) is 0 Å². The third kappa shape index (κ3) is 3.89. The Morgan fingerprint density at radius 1 is 1.00 bits per heavy atom. The maximum absolute atomic E-state index is 9.03. The number of rotatable bonds is 0. The van der Waals surface area contributed by atoms with Crippen LogP contribution in [0.15, 0.2) is 0 Å². The normalized spacial score (nSPS) is 32.4. The molecule has 1 nitrogen and oxygen atoms in total. The van der Waals surface area contributed by atoms with Gasteiger partial charge in [-0.2, -0.15) is 0 Å². The molecule has 1 N–H and O–H groups in total. The first kappa shape index (κ1) is 9.96. The van der Waals surface area contributed by atoms with Crippen molar-refractivity contribution in [3.8, 4) is 0 Å². The van der Waals surface area contributed by atoms with Crippen molar-refractivity contribution in [1.82, 2.24) is 0 Å². The van der Waals surface area contributed by atoms with Crippen LogP contribution in [0.2, 0.25) is 0 Å². The van der Waals surface area contributed by atoms with Crippen LogP contribution in [-0.4, -0.2) is 11.2 Å². The van der Waals surface area contributed by atoms with Gasteiger partial charge >= 0.3 is 0 Å². The zero-order valence-electron chi connectivity index (χ0n) is 7.43. The number of aliphatic hydroxyl groups excluding tert-OH is 1. The lowest BCUT2D eigenvalue weighted by Crippen LogP contribution is -2.15. The van der Waals surface area contributed by atoms with Crippen molar-refractivity contribution in [3.63, 3.8) is 0 Å². The Morgan fingerprint density at radius 2 is 1.40 bits per heavy atom. The molecule has 0 aromatic rings. The van der Waals surface area contributed by atoms with Crippen LogP contribution in [0, 0.1) is 5.92 Å². The SMILES string of the molecule is CC.CC1CCC(O)CC1. The molecule has 1 fully saturated rings. The predicted octanol–water partition coefficient (Wildman–Crippen LogP) is 2.58. The van der Waals surface area contributed by atoms with Crippen molar-refractivity contribution in [2.75, 3.05) is 0 Å². The van der Waals surface area contributed by atoms with E-state index >= 15 is 0 Å². The Kier molecular flexibility index (Phi) is 5.70. The van der Waals surface area contributed by atoms with E-state index in [9.17, 15) is 0 Å². The summed E-state index contributed by atoms with van der Waals surface area (Å²) in [7, 11) is 0. The lowest BCUT2D eigenvalue weighted by atomic mass is 9.89. The van der Waals surface area contributed by atoms with Crippen LogP contribution >= 0.6 is 0 Å². The summed E-state index contributed by atoms with van der Waals surface area (Å²) < 4.78 is 0. The Hall–Kier alpha value is -0.0400. The summed E-state index contributed by atoms with van der Waals surface area (Å²) in [6, 6.07) is 0. The molecule has 1 rings (SSSR count). The van der Waals surface area contributed by atoms with Gasteiger partial charge in [0.15, 0.2) is 0 Å². The molecular formula is C9H20O. The van der Waals surface area contributed by atoms with Crippen LogP contribution in [0.3, 0.4) is 0 Å². The Morgan fingerprint density at radius 3 is 1.70 bits per heavy atom. The first-order valence-electron chi connectivity index (χ1n) is 4.47. The third-order valence-electron chi connectivity index (χ3n) is 1.99. The summed E-state index contributed by atoms with van der Waals surface area (Å²) in [6.07, 6.45) is 4.52. The molecule has 1 aliphatic carbocycles. The van der Waals surface area contributed by atoms with E-state index in [4.69, 9.17) is 5.11 Å². The van der Waals surface area contributed by atoms with Gasteiger partial charge in [0.1, 0.15) is 0 Å². The maximum Gasteiger partial charge on any atom is 0.0540 e. The number of hydrogen-bond acceptors (Lipinski definition) is 1. The molecule has 62 valence electrons. The van der Waals surface area contributed by atoms with E-state index in [0.717, 1.165) is 18.8 Å². The fraction of sp³-hybridized carbons (Fsp3) is 1.00. The molecule has 0 saturated heterocycles. The van der Waals surface area contributed by atoms with Gasteiger partial charge in [0.25, 0.3) is 0 Å². The molecule has 1 saturated carbocycles. The van der Waals surface area contributed by atoms with Crippen molar-refractivity contribution in [2.45, 2.75) is 52.6 Å². The van der Waals surface area contributed by atoms with Gasteiger partial charge in [-0.3, -0.25) is 0 Å². The van der Waals surface area contributed by atoms with Gasteiger partial charge in [0.2, 0.25) is 0 Å². The molecule has 10 heavy (non-hydrogen) atoms. The molecule has 1 aliphatic rings. The summed E-state index contributed by atoms with van der Waals surface area (Å²) in [5, 5.41) is 9.03. The van der Waals surface area contributed by atoms with Gasteiger partial charge in [0, 0.05) is 0 Å². The molecule has 0 aromatic carbocycles. The zero-order chi connectivity index (χ0) is 7.98. The molecule has 0 atom stereocenters. The van der Waals surface area contributed by atoms with E-state index in [1.54, 1.807) is 0 Å². The molecule has 0 aliphatic heterocycles. The fourth-order valence-electron chi connectivity index (χ4n) is 1.24. The third-order valence-corrected chi connectivity index (χ3v) is 1.99. The molecule has 1 heteroatoms. The van der Waals surface area contributed by atoms with E-state index < -0.39 is 0 Å². The molecule has 0 amide bonds. The molecule has 0 radical (unpaired) electrons. The minimum absolute atomic E-state index is 0.0196. The van der Waals surface area contributed by atoms with Gasteiger partial charge in [-0.25, -0.2) is 0 Å². The molecule has 0 aromatic heterocycles. The maximum atomic E-state index is 9.03. The average molecular weight is 144 g/mol. The van der Waals surface area contributed by atoms with Crippen molar-refractivity contribution >= 4 is 0 Å². The summed E-state index contributed by atoms with van der Waals surface area (Å²) in [5.41, 5.74) is 0. The number of aliphatic hydroxyl groups is 1. The quantitative estimate of drug-likeness (QED) is 0.554. The van der Waals surface area contributed by atoms with Gasteiger partial charge in [-0.1, -0.05) is 20.8 Å². The lowest BCUT2D eigenvalue weighted by molar-refractivity contribution is 0.112. The number of hydrogen-bond donors (Lipinski definition) is 1. The second-order valence-electron chi connectivity index (χ2n) is 2.91. The van der Waals surface area contributed by atoms with Crippen LogP contribution in [0.1, 0.15) is 46.5 Å². The van der Waals surface area contributed by atoms with Crippen molar-refractivity contribution in [3.05, 3.63) is 0 Å². The highest BCUT2D eigenvalue weighted by Crippen LogP contribution is 2.22. The monoisotopic (exact) mass is 144 g/mol. The van der Waals surface area contributed by atoms with Gasteiger partial charge in [-0.05, 0) is 31.6 Å². The van der Waals surface area contributed by atoms with Gasteiger partial charge < -0.3 is 5.11 Å². The first-order chi connectivity index (χ1) is 4.79. The summed E-state index contributed by atoms with van der Waals surface area (Å²) in [5.74, 6) is 0.860. The highest BCUT2D eigenvalue weighted by Gasteiger charge is 2.14. The second-order valence-corrected chi connectivity index (χ2v) is 2.91. The highest BCUT2D eigenvalue weighted by molar-refractivity contribution is 4.67. The van der Waals surface area contributed by atoms with Crippen LogP contribution in [0.4, 0.5) is 0 Å². The van der Waals surface area contributed by atoms with E-state index in [1.165, 1.54) is 12.8 Å². The van der Waals surface area contributed by atoms with Crippen LogP contribution in [0.5, 0.6) is 0 Å². The average Bonchev–Trinajstić information content (AvgIpc) is 2.00. The molecule has 0 unspecified atom stereocenters. The van der Waals surface area contributed by atoms with E-state index in [1.807, 2.05) is 13.8 Å². The summed E-state index contributed by atoms with van der Waals surface area (Å²) in [4.78, 5) is 0. The minimum Gasteiger partial charge on any atom is -0.393 e. The topological polar surface area (TPSA) is 20.2 Å². The van der Waals surface area contributed by atoms with Crippen LogP contribution in [0.25, 0.3) is 0 Å². The van der Waals surface area contributed by atoms with Crippen molar-refractivity contribution in [2.24, 2.45) is 5.92 Å². The second kappa shape index (κ2) is 5.72. The van der Waals surface area contributed by atoms with Gasteiger partial charge in [-0.15, -0.1) is 0 Å². The predicted molar refractivity (Wildman–Crippen MR) is 45.0 cm³/mol. The van der Waals surface area contributed by atoms with E-state index in [2.05, 4.69) is 6.92 Å². The lowest BCUT2D eigenvalue weighted by Gasteiger charge is -2.21. The van der Waals surface area contributed by atoms with E-state index in [0.29, 0.717) is 0 Å². The summed E-state index contributed by atoms with van der Waals surface area (Å²) >= 11 is 0. The highest BCUT2D eigenvalue weighted by atomic mass is 16.3. The fourth-order valence-corrected chi connectivity index (χ4v) is 1.24. The van der Waals surface area contributed by atoms with E-state index in [-0.39, 0.29) is 6.10 Å². The van der Waals surface area contributed by atoms with Crippen LogP contribution < -0.4 is 0 Å². The van der Waals surface area contributed by atoms with Gasteiger partial charge in [0.05, 0.1) is 6.10 Å².